The number of aromatic amines is 2. The minimum absolute atomic E-state index is 0.176. The average Bonchev–Trinajstić information content (AvgIpc) is 2.55. The van der Waals surface area contributed by atoms with Crippen LogP contribution in [0.5, 0.6) is 0 Å². The topological polar surface area (TPSA) is 200 Å². The van der Waals surface area contributed by atoms with E-state index in [9.17, 15) is 28.8 Å². The summed E-state index contributed by atoms with van der Waals surface area (Å²) in [5.41, 5.74) is -1.60. The van der Waals surface area contributed by atoms with Crippen LogP contribution >= 0.6 is 0 Å². The highest BCUT2D eigenvalue weighted by Crippen LogP contribution is 1.82. The third-order valence-corrected chi connectivity index (χ3v) is 2.34. The Labute approximate surface area is 165 Å². The molecule has 0 atom stereocenters. The van der Waals surface area contributed by atoms with Crippen LogP contribution < -0.4 is 17.1 Å². The summed E-state index contributed by atoms with van der Waals surface area (Å²) in [6.07, 6.45) is 0. The van der Waals surface area contributed by atoms with E-state index in [-0.39, 0.29) is 23.3 Å². The summed E-state index contributed by atoms with van der Waals surface area (Å²) in [7, 11) is 0. The Hall–Kier alpha value is -3.96. The first-order valence-corrected chi connectivity index (χ1v) is 7.68. The van der Waals surface area contributed by atoms with Gasteiger partial charge in [-0.2, -0.15) is 0 Å². The normalized spacial score (nSPS) is 8.41. The van der Waals surface area contributed by atoms with Crippen molar-refractivity contribution in [3.63, 3.8) is 0 Å². The summed E-state index contributed by atoms with van der Waals surface area (Å²) in [4.78, 5) is 64.7. The Morgan fingerprint density at radius 3 is 1.10 bits per heavy atom. The zero-order valence-corrected chi connectivity index (χ0v) is 16.6. The van der Waals surface area contributed by atoms with Crippen molar-refractivity contribution in [2.45, 2.75) is 34.2 Å². The second-order valence-corrected chi connectivity index (χ2v) is 5.19. The van der Waals surface area contributed by atoms with E-state index in [4.69, 9.17) is 15.3 Å². The van der Waals surface area contributed by atoms with Gasteiger partial charge in [-0.15, -0.1) is 0 Å². The molecule has 1 aromatic rings. The molecule has 0 bridgehead atoms. The lowest BCUT2D eigenvalue weighted by Crippen LogP contribution is -2.42. The highest BCUT2D eigenvalue weighted by Gasteiger charge is 1.97. The number of aliphatic carboxylic acids is 3. The maximum atomic E-state index is 10.8. The number of H-pyrrole nitrogens is 2. The summed E-state index contributed by atoms with van der Waals surface area (Å²) >= 11 is 0. The quantitative estimate of drug-likeness (QED) is 0.425. The lowest BCUT2D eigenvalue weighted by Gasteiger charge is -1.94. The maximum Gasteiger partial charge on any atom is 0.333 e. The molecule has 162 valence electrons. The lowest BCUT2D eigenvalue weighted by atomic mass is 10.4. The van der Waals surface area contributed by atoms with Crippen LogP contribution in [0.3, 0.4) is 0 Å². The summed E-state index contributed by atoms with van der Waals surface area (Å²) in [5.74, 6) is -2.81. The fourth-order valence-corrected chi connectivity index (χ4v) is 0.740. The van der Waals surface area contributed by atoms with Crippen molar-refractivity contribution >= 4 is 17.9 Å². The van der Waals surface area contributed by atoms with Crippen LogP contribution in [0, 0.1) is 0 Å². The van der Waals surface area contributed by atoms with Gasteiger partial charge in [-0.3, -0.25) is 9.97 Å². The van der Waals surface area contributed by atoms with Gasteiger partial charge in [0.15, 0.2) is 0 Å². The summed E-state index contributed by atoms with van der Waals surface area (Å²) < 4.78 is 0.890. The molecular weight excluding hydrogens is 390 g/mol. The van der Waals surface area contributed by atoms with Crippen molar-refractivity contribution in [1.82, 2.24) is 14.5 Å². The molecule has 0 aliphatic carbocycles. The van der Waals surface area contributed by atoms with Gasteiger partial charge in [-0.1, -0.05) is 19.7 Å². The molecule has 29 heavy (non-hydrogen) atoms. The van der Waals surface area contributed by atoms with Crippen LogP contribution in [0.15, 0.2) is 50.8 Å². The largest absolute Gasteiger partial charge is 0.478 e. The third-order valence-electron chi connectivity index (χ3n) is 2.34. The van der Waals surface area contributed by atoms with E-state index < -0.39 is 35.0 Å². The second-order valence-electron chi connectivity index (χ2n) is 5.19. The minimum atomic E-state index is -0.935. The summed E-state index contributed by atoms with van der Waals surface area (Å²) in [6, 6.07) is 0. The van der Waals surface area contributed by atoms with Gasteiger partial charge < -0.3 is 15.3 Å². The van der Waals surface area contributed by atoms with E-state index in [1.807, 2.05) is 9.97 Å². The van der Waals surface area contributed by atoms with Gasteiger partial charge in [-0.05, 0) is 27.7 Å². The van der Waals surface area contributed by atoms with Crippen LogP contribution in [-0.2, 0) is 20.9 Å². The number of rotatable bonds is 4. The Kier molecular flexibility index (Phi) is 15.5. The zero-order valence-electron chi connectivity index (χ0n) is 16.6. The third kappa shape index (κ3) is 17.2. The van der Waals surface area contributed by atoms with E-state index in [2.05, 4.69) is 19.7 Å². The van der Waals surface area contributed by atoms with Crippen molar-refractivity contribution in [3.05, 3.63) is 67.9 Å². The summed E-state index contributed by atoms with van der Waals surface area (Å²) in [6.45, 7) is 15.7. The van der Waals surface area contributed by atoms with Crippen molar-refractivity contribution < 1.29 is 29.7 Å². The number of carboxylic acid groups (broad SMARTS) is 3. The van der Waals surface area contributed by atoms with Crippen LogP contribution in [0.2, 0.25) is 0 Å². The van der Waals surface area contributed by atoms with Gasteiger partial charge in [0.1, 0.15) is 0 Å². The van der Waals surface area contributed by atoms with Gasteiger partial charge in [0.2, 0.25) is 0 Å². The van der Waals surface area contributed by atoms with Crippen molar-refractivity contribution in [2.24, 2.45) is 0 Å². The van der Waals surface area contributed by atoms with E-state index >= 15 is 0 Å². The van der Waals surface area contributed by atoms with Crippen LogP contribution in [-0.4, -0.2) is 47.8 Å². The predicted molar refractivity (Wildman–Crippen MR) is 105 cm³/mol. The van der Waals surface area contributed by atoms with Gasteiger partial charge in [0, 0.05) is 23.3 Å². The minimum Gasteiger partial charge on any atom is -0.478 e. The number of nitrogens with zero attached hydrogens (tertiary/aromatic N) is 1. The molecule has 5 N–H and O–H groups in total. The molecule has 0 spiro atoms. The van der Waals surface area contributed by atoms with Crippen molar-refractivity contribution in [1.29, 1.82) is 0 Å². The molecule has 0 amide bonds. The first kappa shape index (κ1) is 29.8. The molecule has 0 saturated heterocycles. The van der Waals surface area contributed by atoms with Crippen LogP contribution in [0.1, 0.15) is 27.7 Å². The zero-order chi connectivity index (χ0) is 23.9. The molecule has 0 fully saturated rings. The molecule has 1 heterocycles. The molecule has 0 unspecified atom stereocenters. The van der Waals surface area contributed by atoms with Gasteiger partial charge in [0.05, 0.1) is 0 Å². The number of carboxylic acids is 3. The molecule has 0 saturated carbocycles. The molecule has 0 aromatic carbocycles. The van der Waals surface area contributed by atoms with Crippen molar-refractivity contribution in [3.8, 4) is 0 Å². The summed E-state index contributed by atoms with van der Waals surface area (Å²) in [5, 5.41) is 23.7. The Morgan fingerprint density at radius 1 is 0.759 bits per heavy atom. The first-order valence-electron chi connectivity index (χ1n) is 7.68. The van der Waals surface area contributed by atoms with Crippen LogP contribution in [0.25, 0.3) is 0 Å². The molecule has 0 radical (unpaired) electrons. The SMILES string of the molecule is C=C(C)C(=O)O.C=C(C)C(=O)O.C=C(C)C(=O)O.CCn1c(=O)[nH]c(=O)[nH]c1=O. The highest BCUT2D eigenvalue weighted by molar-refractivity contribution is 5.85. The maximum absolute atomic E-state index is 10.8. The molecule has 1 rings (SSSR count). The number of aromatic nitrogens is 3. The Balaban J connectivity index is -0.000000328. The number of carbonyl (C=O) groups is 3. The highest BCUT2D eigenvalue weighted by atomic mass is 16.4. The van der Waals surface area contributed by atoms with E-state index in [1.54, 1.807) is 6.92 Å². The van der Waals surface area contributed by atoms with Gasteiger partial charge in [0.25, 0.3) is 0 Å². The number of hydrogen-bond acceptors (Lipinski definition) is 6. The standard InChI is InChI=1S/C5H7N3O3.3C4H6O2/c1-2-8-4(10)6-3(9)7-5(8)11;3*1-3(2)4(5)6/h2H2,1H3,(H2,6,7,9,10,11);3*1H2,2H3,(H,5,6). The molecule has 12 heteroatoms. The van der Waals surface area contributed by atoms with E-state index in [0.29, 0.717) is 0 Å². The van der Waals surface area contributed by atoms with E-state index in [0.717, 1.165) is 4.57 Å². The second kappa shape index (κ2) is 15.1. The van der Waals surface area contributed by atoms with Crippen LogP contribution in [0.4, 0.5) is 0 Å². The van der Waals surface area contributed by atoms with E-state index in [1.165, 1.54) is 20.8 Å². The Bertz CT molecular complexity index is 805. The number of hydrogen-bond donors (Lipinski definition) is 5. The molecule has 0 aliphatic rings. The molecule has 1 aromatic heterocycles. The lowest BCUT2D eigenvalue weighted by molar-refractivity contribution is -0.133. The first-order chi connectivity index (χ1) is 13.1. The number of nitrogens with one attached hydrogen (secondary N) is 2. The smallest absolute Gasteiger partial charge is 0.333 e. The fraction of sp³-hybridized carbons (Fsp3) is 0.294. The predicted octanol–water partition coefficient (Wildman–Crippen LogP) is 0.186. The average molecular weight is 415 g/mol. The van der Waals surface area contributed by atoms with Crippen molar-refractivity contribution in [2.75, 3.05) is 0 Å². The van der Waals surface area contributed by atoms with Gasteiger partial charge >= 0.3 is 35.0 Å². The molecule has 0 aliphatic heterocycles. The molecule has 12 nitrogen and oxygen atoms in total. The van der Waals surface area contributed by atoms with Gasteiger partial charge in [-0.25, -0.2) is 33.3 Å². The molecular formula is C17H25N3O9. The fourth-order valence-electron chi connectivity index (χ4n) is 0.740. The Morgan fingerprint density at radius 2 is 0.966 bits per heavy atom. The monoisotopic (exact) mass is 415 g/mol.